The van der Waals surface area contributed by atoms with Gasteiger partial charge in [-0.25, -0.2) is 0 Å². The molecule has 0 aromatic heterocycles. The van der Waals surface area contributed by atoms with Crippen LogP contribution in [0.3, 0.4) is 0 Å². The highest BCUT2D eigenvalue weighted by Crippen LogP contribution is 2.41. The van der Waals surface area contributed by atoms with Crippen molar-refractivity contribution in [2.75, 3.05) is 45.8 Å². The Morgan fingerprint density at radius 3 is 2.24 bits per heavy atom. The number of carbonyl (C=O) groups excluding carboxylic acids is 3. The summed E-state index contributed by atoms with van der Waals surface area (Å²) >= 11 is 0. The van der Waals surface area contributed by atoms with E-state index < -0.39 is 11.7 Å². The maximum Gasteiger partial charge on any atom is 0.258 e. The minimum absolute atomic E-state index is 0.222. The van der Waals surface area contributed by atoms with E-state index in [1.54, 1.807) is 40.3 Å². The minimum atomic E-state index is -0.996. The van der Waals surface area contributed by atoms with Crippen molar-refractivity contribution in [3.8, 4) is 23.0 Å². The van der Waals surface area contributed by atoms with Gasteiger partial charge >= 0.3 is 0 Å². The van der Waals surface area contributed by atoms with Crippen LogP contribution in [-0.2, 0) is 4.79 Å². The van der Waals surface area contributed by atoms with Gasteiger partial charge in [0.05, 0.1) is 49.9 Å². The molecule has 2 saturated heterocycles. The number of unbranched alkanes of at least 4 members (excludes halogenated alkanes) is 2. The molecule has 2 fully saturated rings. The number of amides is 3. The van der Waals surface area contributed by atoms with E-state index in [4.69, 9.17) is 24.7 Å². The molecular weight excluding hydrogens is 578 g/mol. The fourth-order valence-corrected chi connectivity index (χ4v) is 6.20. The van der Waals surface area contributed by atoms with Crippen LogP contribution in [0, 0.1) is 0 Å². The molecule has 236 valence electrons. The molecule has 2 atom stereocenters. The number of carbonyl (C=O) groups is 3. The van der Waals surface area contributed by atoms with E-state index in [1.165, 1.54) is 14.2 Å². The number of ether oxygens (including phenoxy) is 4. The van der Waals surface area contributed by atoms with Crippen molar-refractivity contribution in [2.24, 2.45) is 10.7 Å². The van der Waals surface area contributed by atoms with Crippen molar-refractivity contribution in [1.29, 1.82) is 0 Å². The normalized spacial score (nSPS) is 21.8. The van der Waals surface area contributed by atoms with E-state index in [0.29, 0.717) is 84.6 Å². The van der Waals surface area contributed by atoms with Gasteiger partial charge in [-0.15, -0.1) is 0 Å². The van der Waals surface area contributed by atoms with Gasteiger partial charge < -0.3 is 39.8 Å². The Bertz CT molecular complexity index is 1640. The number of methoxy groups -OCH3 is 2. The Morgan fingerprint density at radius 2 is 1.56 bits per heavy atom. The number of hydrogen-bond donors (Lipinski definition) is 2. The molecule has 4 aliphatic rings. The third-order valence-electron chi connectivity index (χ3n) is 8.51. The lowest BCUT2D eigenvalue weighted by Crippen LogP contribution is -2.54. The summed E-state index contributed by atoms with van der Waals surface area (Å²) in [7, 11) is 3.04. The fraction of sp³-hybridized carbons (Fsp3) is 0.394. The van der Waals surface area contributed by atoms with E-state index in [2.05, 4.69) is 23.5 Å². The smallest absolute Gasteiger partial charge is 0.258 e. The second-order valence-electron chi connectivity index (χ2n) is 11.8. The molecule has 6 rings (SSSR count). The van der Waals surface area contributed by atoms with Crippen LogP contribution in [0.4, 0.5) is 11.4 Å². The molecule has 12 heteroatoms. The van der Waals surface area contributed by atoms with Gasteiger partial charge in [0.1, 0.15) is 11.7 Å². The third-order valence-corrected chi connectivity index (χ3v) is 8.51. The molecule has 2 aromatic carbocycles. The van der Waals surface area contributed by atoms with E-state index >= 15 is 0 Å². The van der Waals surface area contributed by atoms with Crippen molar-refractivity contribution in [1.82, 2.24) is 9.80 Å². The van der Waals surface area contributed by atoms with Gasteiger partial charge in [0, 0.05) is 37.9 Å². The monoisotopic (exact) mass is 615 g/mol. The number of rotatable bonds is 10. The predicted octanol–water partition coefficient (Wildman–Crippen LogP) is 3.83. The third kappa shape index (κ3) is 5.61. The molecule has 4 heterocycles. The molecule has 0 bridgehead atoms. The van der Waals surface area contributed by atoms with Crippen LogP contribution in [0.1, 0.15) is 52.8 Å². The molecule has 12 nitrogen and oxygen atoms in total. The maximum absolute atomic E-state index is 13.3. The largest absolute Gasteiger partial charge is 0.493 e. The number of nitrogens with two attached hydrogens (primary N) is 1. The zero-order chi connectivity index (χ0) is 31.9. The summed E-state index contributed by atoms with van der Waals surface area (Å²) in [4.78, 5) is 47.0. The highest BCUT2D eigenvalue weighted by Gasteiger charge is 2.44. The maximum atomic E-state index is 13.3. The molecule has 2 aromatic rings. The van der Waals surface area contributed by atoms with Gasteiger partial charge in [0.2, 0.25) is 5.91 Å². The van der Waals surface area contributed by atoms with E-state index in [-0.39, 0.29) is 17.7 Å². The van der Waals surface area contributed by atoms with Crippen LogP contribution >= 0.6 is 0 Å². The number of nitrogens with one attached hydrogen (secondary N) is 1. The second-order valence-corrected chi connectivity index (χ2v) is 11.8. The summed E-state index contributed by atoms with van der Waals surface area (Å²) < 4.78 is 23.1. The Balaban J connectivity index is 1.03. The predicted molar refractivity (Wildman–Crippen MR) is 168 cm³/mol. The fourth-order valence-electron chi connectivity index (χ4n) is 6.20. The van der Waals surface area contributed by atoms with E-state index in [1.807, 2.05) is 0 Å². The zero-order valence-electron chi connectivity index (χ0n) is 25.5. The molecule has 0 spiro atoms. The quantitative estimate of drug-likeness (QED) is 0.303. The number of hydrogen-bond acceptors (Lipinski definition) is 9. The van der Waals surface area contributed by atoms with Crippen molar-refractivity contribution in [2.45, 2.75) is 43.8 Å². The van der Waals surface area contributed by atoms with Crippen LogP contribution in [0.25, 0.3) is 0 Å². The molecule has 4 aliphatic heterocycles. The standard InChI is InChI=1S/C33H37N5O7/c1-19-10-25-30(39)36-24-14-29(27(43-4)12-22(24)31(40)37(25)16-19)45-9-7-5-6-8-44-28-13-23-21(11-26(28)42-3)32(41)38-17-20(2)15-33(38,34)18-35-23/h11-14,18,25H,1-2,5-10,15-17,34H2,3-4H3,(H,36,39)/t25-,33-/m0/s1. The number of anilines is 1. The zero-order valence-corrected chi connectivity index (χ0v) is 25.5. The van der Waals surface area contributed by atoms with Crippen LogP contribution < -0.4 is 30.0 Å². The highest BCUT2D eigenvalue weighted by atomic mass is 16.5. The average molecular weight is 616 g/mol. The van der Waals surface area contributed by atoms with Gasteiger partial charge in [0.15, 0.2) is 23.0 Å². The van der Waals surface area contributed by atoms with Gasteiger partial charge in [-0.05, 0) is 37.8 Å². The van der Waals surface area contributed by atoms with Crippen molar-refractivity contribution >= 4 is 35.3 Å². The molecule has 45 heavy (non-hydrogen) atoms. The van der Waals surface area contributed by atoms with Gasteiger partial charge in [-0.2, -0.15) is 0 Å². The Hall–Kier alpha value is -4.84. The number of fused-ring (bicyclic) bond motifs is 4. The lowest BCUT2D eigenvalue weighted by Gasteiger charge is -2.29. The number of benzene rings is 2. The van der Waals surface area contributed by atoms with Gasteiger partial charge in [-0.3, -0.25) is 19.4 Å². The van der Waals surface area contributed by atoms with Crippen LogP contribution in [-0.4, -0.2) is 86.0 Å². The molecule has 3 amide bonds. The summed E-state index contributed by atoms with van der Waals surface area (Å²) in [6.45, 7) is 9.49. The first kappa shape index (κ1) is 30.2. The number of aliphatic imine (C=N–C) groups is 1. The molecule has 3 N–H and O–H groups in total. The first-order valence-corrected chi connectivity index (χ1v) is 14.9. The number of nitrogens with zero attached hydrogens (tertiary/aromatic N) is 3. The summed E-state index contributed by atoms with van der Waals surface area (Å²) in [6, 6.07) is 6.06. The topological polar surface area (TPSA) is 145 Å². The van der Waals surface area contributed by atoms with E-state index in [0.717, 1.165) is 30.4 Å². The molecule has 0 aliphatic carbocycles. The summed E-state index contributed by atoms with van der Waals surface area (Å²) in [5.74, 6) is 1.09. The first-order chi connectivity index (χ1) is 21.6. The Labute approximate surface area is 261 Å². The molecule has 0 unspecified atom stereocenters. The molecule has 0 radical (unpaired) electrons. The summed E-state index contributed by atoms with van der Waals surface area (Å²) in [5, 5.41) is 2.87. The van der Waals surface area contributed by atoms with Crippen molar-refractivity contribution < 1.29 is 33.3 Å². The minimum Gasteiger partial charge on any atom is -0.493 e. The van der Waals surface area contributed by atoms with Gasteiger partial charge in [0.25, 0.3) is 11.8 Å². The Morgan fingerprint density at radius 1 is 0.889 bits per heavy atom. The highest BCUT2D eigenvalue weighted by molar-refractivity contribution is 6.11. The summed E-state index contributed by atoms with van der Waals surface area (Å²) in [5.41, 5.74) is 8.86. The van der Waals surface area contributed by atoms with Crippen LogP contribution in [0.2, 0.25) is 0 Å². The van der Waals surface area contributed by atoms with Crippen molar-refractivity contribution in [3.05, 3.63) is 59.7 Å². The molecular formula is C33H37N5O7. The van der Waals surface area contributed by atoms with Crippen LogP contribution in [0.5, 0.6) is 23.0 Å². The lowest BCUT2D eigenvalue weighted by atomic mass is 10.1. The SMILES string of the molecule is C=C1C[C@H]2C(=O)Nc3cc(OCCCCCOc4cc5c(cc4OC)C(=O)N4CC(=C)C[C@@]4(N)C=N5)c(OC)cc3C(=O)N2C1. The van der Waals surface area contributed by atoms with E-state index in [9.17, 15) is 14.4 Å². The molecule has 0 saturated carbocycles. The average Bonchev–Trinajstić information content (AvgIpc) is 3.51. The Kier molecular flexibility index (Phi) is 8.00. The summed E-state index contributed by atoms with van der Waals surface area (Å²) in [6.07, 6.45) is 4.80. The second kappa shape index (κ2) is 11.9. The first-order valence-electron chi connectivity index (χ1n) is 14.9. The lowest BCUT2D eigenvalue weighted by molar-refractivity contribution is -0.119. The van der Waals surface area contributed by atoms with Gasteiger partial charge in [-0.1, -0.05) is 24.3 Å². The van der Waals surface area contributed by atoms with Crippen molar-refractivity contribution in [3.63, 3.8) is 0 Å². The van der Waals surface area contributed by atoms with Crippen LogP contribution in [0.15, 0.2) is 53.6 Å².